The number of hydrogen-bond acceptors (Lipinski definition) is 3. The molecule has 0 bridgehead atoms. The maximum Gasteiger partial charge on any atom is 0.268 e. The van der Waals surface area contributed by atoms with E-state index in [4.69, 9.17) is 0 Å². The van der Waals surface area contributed by atoms with Crippen molar-refractivity contribution in [1.82, 2.24) is 15.2 Å². The molecular formula is C12H17N3O3. The van der Waals surface area contributed by atoms with Crippen LogP contribution in [-0.2, 0) is 4.79 Å². The summed E-state index contributed by atoms with van der Waals surface area (Å²) in [6.45, 7) is 4.02. The minimum Gasteiger partial charge on any atom is -0.344 e. The Hall–Kier alpha value is -2.11. The summed E-state index contributed by atoms with van der Waals surface area (Å²) < 4.78 is 0. The van der Waals surface area contributed by atoms with Crippen LogP contribution in [0.25, 0.3) is 0 Å². The zero-order chi connectivity index (χ0) is 13.7. The van der Waals surface area contributed by atoms with Crippen molar-refractivity contribution in [2.75, 3.05) is 13.6 Å². The number of rotatable bonds is 4. The monoisotopic (exact) mass is 251 g/mol. The van der Waals surface area contributed by atoms with Crippen molar-refractivity contribution >= 4 is 11.8 Å². The lowest BCUT2D eigenvalue weighted by Gasteiger charge is -2.20. The molecule has 2 amide bonds. The molecule has 1 rings (SSSR count). The van der Waals surface area contributed by atoms with Gasteiger partial charge in [0.15, 0.2) is 0 Å². The number of nitrogens with zero attached hydrogens (tertiary/aromatic N) is 1. The third kappa shape index (κ3) is 3.44. The molecule has 0 spiro atoms. The minimum atomic E-state index is -0.633. The maximum atomic E-state index is 11.8. The number of H-pyrrole nitrogens is 1. The second-order valence-electron chi connectivity index (χ2n) is 3.98. The maximum absolute atomic E-state index is 11.8. The van der Waals surface area contributed by atoms with Gasteiger partial charge >= 0.3 is 0 Å². The summed E-state index contributed by atoms with van der Waals surface area (Å²) in [7, 11) is 1.66. The third-order valence-corrected chi connectivity index (χ3v) is 2.58. The summed E-state index contributed by atoms with van der Waals surface area (Å²) >= 11 is 0. The number of nitrogens with one attached hydrogen (secondary N) is 2. The molecule has 0 aliphatic carbocycles. The van der Waals surface area contributed by atoms with Crippen molar-refractivity contribution in [3.63, 3.8) is 0 Å². The number of hydrogen-bond donors (Lipinski definition) is 2. The van der Waals surface area contributed by atoms with Gasteiger partial charge in [-0.2, -0.15) is 0 Å². The van der Waals surface area contributed by atoms with Crippen LogP contribution < -0.4 is 10.9 Å². The Balaban J connectivity index is 2.71. The molecule has 1 unspecified atom stereocenters. The summed E-state index contributed by atoms with van der Waals surface area (Å²) in [4.78, 5) is 38.5. The van der Waals surface area contributed by atoms with Crippen LogP contribution in [0.15, 0.2) is 23.0 Å². The van der Waals surface area contributed by atoms with Gasteiger partial charge in [-0.3, -0.25) is 14.4 Å². The Kier molecular flexibility index (Phi) is 4.65. The van der Waals surface area contributed by atoms with E-state index in [1.807, 2.05) is 6.92 Å². The average Bonchev–Trinajstić information content (AvgIpc) is 2.36. The SMILES string of the molecule is CCN(C)C(=O)C(C)NC(=O)c1cccc(=O)[nH]1. The van der Waals surface area contributed by atoms with Crippen molar-refractivity contribution < 1.29 is 9.59 Å². The highest BCUT2D eigenvalue weighted by molar-refractivity contribution is 5.95. The van der Waals surface area contributed by atoms with Crippen molar-refractivity contribution in [2.24, 2.45) is 0 Å². The van der Waals surface area contributed by atoms with Crippen LogP contribution in [0.2, 0.25) is 0 Å². The zero-order valence-electron chi connectivity index (χ0n) is 10.7. The van der Waals surface area contributed by atoms with Gasteiger partial charge in [0.1, 0.15) is 11.7 Å². The van der Waals surface area contributed by atoms with Gasteiger partial charge in [-0.05, 0) is 19.9 Å². The topological polar surface area (TPSA) is 82.3 Å². The molecule has 0 saturated carbocycles. The number of aromatic amines is 1. The van der Waals surface area contributed by atoms with E-state index < -0.39 is 11.9 Å². The van der Waals surface area contributed by atoms with Crippen LogP contribution in [0, 0.1) is 0 Å². The molecule has 1 heterocycles. The molecular weight excluding hydrogens is 234 g/mol. The number of carbonyl (C=O) groups is 2. The molecule has 98 valence electrons. The van der Waals surface area contributed by atoms with Crippen LogP contribution in [-0.4, -0.2) is 41.3 Å². The summed E-state index contributed by atoms with van der Waals surface area (Å²) in [5.74, 6) is -0.651. The molecule has 0 saturated heterocycles. The summed E-state index contributed by atoms with van der Waals surface area (Å²) in [5.41, 5.74) is -0.214. The Morgan fingerprint density at radius 3 is 2.67 bits per heavy atom. The Bertz CT molecular complexity index is 495. The quantitative estimate of drug-likeness (QED) is 0.788. The molecule has 0 fully saturated rings. The van der Waals surface area contributed by atoms with Crippen molar-refractivity contribution in [1.29, 1.82) is 0 Å². The van der Waals surface area contributed by atoms with Crippen LogP contribution in [0.5, 0.6) is 0 Å². The van der Waals surface area contributed by atoms with E-state index in [2.05, 4.69) is 10.3 Å². The van der Waals surface area contributed by atoms with E-state index in [9.17, 15) is 14.4 Å². The number of aromatic nitrogens is 1. The van der Waals surface area contributed by atoms with Crippen molar-refractivity contribution in [3.05, 3.63) is 34.2 Å². The lowest BCUT2D eigenvalue weighted by Crippen LogP contribution is -2.45. The van der Waals surface area contributed by atoms with E-state index in [1.54, 1.807) is 14.0 Å². The molecule has 0 aromatic carbocycles. The fourth-order valence-corrected chi connectivity index (χ4v) is 1.40. The minimum absolute atomic E-state index is 0.140. The molecule has 0 aliphatic heterocycles. The molecule has 1 atom stereocenters. The molecule has 6 heteroatoms. The fourth-order valence-electron chi connectivity index (χ4n) is 1.40. The lowest BCUT2D eigenvalue weighted by molar-refractivity contribution is -0.131. The van der Waals surface area contributed by atoms with Gasteiger partial charge in [0, 0.05) is 19.7 Å². The van der Waals surface area contributed by atoms with E-state index in [0.717, 1.165) is 0 Å². The van der Waals surface area contributed by atoms with Gasteiger partial charge in [-0.1, -0.05) is 6.07 Å². The third-order valence-electron chi connectivity index (χ3n) is 2.58. The van der Waals surface area contributed by atoms with Crippen LogP contribution >= 0.6 is 0 Å². The highest BCUT2D eigenvalue weighted by Gasteiger charge is 2.19. The standard InChI is InChI=1S/C12H17N3O3/c1-4-15(3)12(18)8(2)13-11(17)9-6-5-7-10(16)14-9/h5-8H,4H2,1-3H3,(H,13,17)(H,14,16). The number of amides is 2. The average molecular weight is 251 g/mol. The molecule has 0 aliphatic rings. The van der Waals surface area contributed by atoms with Gasteiger partial charge in [0.05, 0.1) is 0 Å². The summed E-state index contributed by atoms with van der Waals surface area (Å²) in [6.07, 6.45) is 0. The first-order valence-electron chi connectivity index (χ1n) is 5.71. The largest absolute Gasteiger partial charge is 0.344 e. The highest BCUT2D eigenvalue weighted by atomic mass is 16.2. The fraction of sp³-hybridized carbons (Fsp3) is 0.417. The highest BCUT2D eigenvalue weighted by Crippen LogP contribution is 1.95. The normalized spacial score (nSPS) is 11.7. The lowest BCUT2D eigenvalue weighted by atomic mass is 10.2. The molecule has 1 aromatic rings. The smallest absolute Gasteiger partial charge is 0.268 e. The van der Waals surface area contributed by atoms with E-state index in [0.29, 0.717) is 6.54 Å². The first kappa shape index (κ1) is 14.0. The van der Waals surface area contributed by atoms with Gasteiger partial charge < -0.3 is 15.2 Å². The Morgan fingerprint density at radius 1 is 1.44 bits per heavy atom. The molecule has 6 nitrogen and oxygen atoms in total. The first-order valence-corrected chi connectivity index (χ1v) is 5.71. The van der Waals surface area contributed by atoms with Crippen molar-refractivity contribution in [3.8, 4) is 0 Å². The predicted molar refractivity (Wildman–Crippen MR) is 67.3 cm³/mol. The van der Waals surface area contributed by atoms with Crippen LogP contribution in [0.3, 0.4) is 0 Å². The van der Waals surface area contributed by atoms with Gasteiger partial charge in [-0.15, -0.1) is 0 Å². The second kappa shape index (κ2) is 6.00. The predicted octanol–water partition coefficient (Wildman–Crippen LogP) is -0.0285. The van der Waals surface area contributed by atoms with Gasteiger partial charge in [0.2, 0.25) is 11.5 Å². The van der Waals surface area contributed by atoms with Gasteiger partial charge in [-0.25, -0.2) is 0 Å². The van der Waals surface area contributed by atoms with E-state index in [1.165, 1.54) is 23.1 Å². The van der Waals surface area contributed by atoms with Crippen molar-refractivity contribution in [2.45, 2.75) is 19.9 Å². The summed E-state index contributed by atoms with van der Waals surface area (Å²) in [5, 5.41) is 2.54. The Morgan fingerprint density at radius 2 is 2.11 bits per heavy atom. The van der Waals surface area contributed by atoms with E-state index in [-0.39, 0.29) is 17.2 Å². The Labute approximate surface area is 105 Å². The zero-order valence-corrected chi connectivity index (χ0v) is 10.7. The molecule has 2 N–H and O–H groups in total. The molecule has 0 radical (unpaired) electrons. The number of carbonyl (C=O) groups excluding carboxylic acids is 2. The first-order chi connectivity index (χ1) is 8.45. The molecule has 1 aromatic heterocycles. The van der Waals surface area contributed by atoms with Crippen LogP contribution in [0.4, 0.5) is 0 Å². The summed E-state index contributed by atoms with van der Waals surface area (Å²) in [6, 6.07) is 3.65. The van der Waals surface area contributed by atoms with Crippen LogP contribution in [0.1, 0.15) is 24.3 Å². The number of likely N-dealkylation sites (N-methyl/N-ethyl adjacent to an activating group) is 1. The molecule has 18 heavy (non-hydrogen) atoms. The second-order valence-corrected chi connectivity index (χ2v) is 3.98. The number of pyridine rings is 1. The van der Waals surface area contributed by atoms with E-state index >= 15 is 0 Å². The van der Waals surface area contributed by atoms with Gasteiger partial charge in [0.25, 0.3) is 5.91 Å².